The van der Waals surface area contributed by atoms with Gasteiger partial charge in [-0.2, -0.15) is 13.5 Å². The molecule has 0 radical (unpaired) electrons. The molecule has 4 N–H and O–H groups in total. The van der Waals surface area contributed by atoms with E-state index >= 15 is 0 Å². The largest absolute Gasteiger partial charge is 0.418 e. The molecule has 0 aromatic rings. The lowest BCUT2D eigenvalue weighted by molar-refractivity contribution is -0.139. The van der Waals surface area contributed by atoms with Crippen LogP contribution in [0.15, 0.2) is 0 Å². The second kappa shape index (κ2) is 9.77. The van der Waals surface area contributed by atoms with Crippen LogP contribution in [0.3, 0.4) is 0 Å². The third-order valence-electron chi connectivity index (χ3n) is 6.18. The van der Waals surface area contributed by atoms with E-state index in [-0.39, 0.29) is 12.6 Å². The minimum absolute atomic E-state index is 0.149. The molecule has 4 aliphatic rings. The van der Waals surface area contributed by atoms with Gasteiger partial charge in [0.05, 0.1) is 12.6 Å². The van der Waals surface area contributed by atoms with Gasteiger partial charge in [0.1, 0.15) is 23.3 Å². The molecule has 0 aromatic carbocycles. The van der Waals surface area contributed by atoms with Crippen molar-refractivity contribution < 1.29 is 31.7 Å². The zero-order valence-corrected chi connectivity index (χ0v) is 18.8. The lowest BCUT2D eigenvalue weighted by Crippen LogP contribution is -2.50. The molecule has 12 nitrogen and oxygen atoms in total. The zero-order valence-electron chi connectivity index (χ0n) is 17.2. The molecule has 4 saturated heterocycles. The Bertz CT molecular complexity index is 779. The Labute approximate surface area is 184 Å². The van der Waals surface area contributed by atoms with Crippen molar-refractivity contribution >= 4 is 33.2 Å². The third kappa shape index (κ3) is 5.80. The number of amides is 3. The Morgan fingerprint density at radius 3 is 2.81 bits per heavy atom. The number of carbonyl (C=O) groups is 2. The van der Waals surface area contributed by atoms with Crippen molar-refractivity contribution in [2.75, 3.05) is 50.0 Å². The highest BCUT2D eigenvalue weighted by Crippen LogP contribution is 2.30. The minimum Gasteiger partial charge on any atom is -0.311 e. The van der Waals surface area contributed by atoms with Gasteiger partial charge in [0.2, 0.25) is 0 Å². The van der Waals surface area contributed by atoms with Gasteiger partial charge in [-0.05, 0) is 30.2 Å². The Morgan fingerprint density at radius 1 is 1.29 bits per heavy atom. The molecule has 14 heteroatoms. The van der Waals surface area contributed by atoms with Crippen molar-refractivity contribution in [1.29, 1.82) is 0 Å². The van der Waals surface area contributed by atoms with E-state index in [0.717, 1.165) is 26.1 Å². The van der Waals surface area contributed by atoms with Crippen molar-refractivity contribution in [3.05, 3.63) is 0 Å². The fourth-order valence-electron chi connectivity index (χ4n) is 4.70. The molecule has 3 amide bonds. The van der Waals surface area contributed by atoms with Gasteiger partial charge in [0.15, 0.2) is 0 Å². The summed E-state index contributed by atoms with van der Waals surface area (Å²) < 4.78 is 35.1. The summed E-state index contributed by atoms with van der Waals surface area (Å²) in [4.78, 5) is 31.6. The normalized spacial score (nSPS) is 32.0. The molecule has 0 spiro atoms. The van der Waals surface area contributed by atoms with Crippen molar-refractivity contribution in [2.24, 2.45) is 5.92 Å². The lowest BCUT2D eigenvalue weighted by Gasteiger charge is -2.29. The highest BCUT2D eigenvalue weighted by atomic mass is 32.3. The first kappa shape index (κ1) is 23.0. The first-order valence-corrected chi connectivity index (χ1v) is 13.7. The number of piperidine rings is 1. The Morgan fingerprint density at radius 2 is 2.06 bits per heavy atom. The molecule has 0 aromatic heterocycles. The minimum atomic E-state index is -4.81. The lowest BCUT2D eigenvalue weighted by atomic mass is 10.0. The highest BCUT2D eigenvalue weighted by molar-refractivity contribution is 7.96. The zero-order chi connectivity index (χ0) is 22.0. The Hall–Kier alpha value is -1.16. The van der Waals surface area contributed by atoms with Crippen LogP contribution in [0, 0.1) is 5.92 Å². The number of hydroxylamine groups is 3. The van der Waals surface area contributed by atoms with E-state index in [4.69, 9.17) is 9.39 Å². The molecule has 0 saturated carbocycles. The molecule has 2 bridgehead atoms. The number of rotatable bonds is 8. The van der Waals surface area contributed by atoms with Crippen LogP contribution in [0.25, 0.3) is 0 Å². The molecule has 31 heavy (non-hydrogen) atoms. The number of hydrogen-bond acceptors (Lipinski definition) is 8. The SMILES string of the molecule is O=C(NOC[C@H]1C[C@@H](C[S+]2CCNCC2)CN1)[C@@H]1CC[C@@H]2CN1C(=O)N2OS(=O)(=O)O. The monoisotopic (exact) mass is 480 g/mol. The highest BCUT2D eigenvalue weighted by Gasteiger charge is 2.49. The molecule has 4 heterocycles. The van der Waals surface area contributed by atoms with Gasteiger partial charge in [-0.25, -0.2) is 10.3 Å². The van der Waals surface area contributed by atoms with E-state index in [1.54, 1.807) is 0 Å². The van der Waals surface area contributed by atoms with Crippen LogP contribution in [-0.2, 0) is 35.2 Å². The third-order valence-corrected chi connectivity index (χ3v) is 9.03. The maximum absolute atomic E-state index is 12.5. The van der Waals surface area contributed by atoms with Crippen LogP contribution in [0.2, 0.25) is 0 Å². The Balaban J connectivity index is 1.19. The number of nitrogens with one attached hydrogen (secondary N) is 3. The fourth-order valence-corrected chi connectivity index (χ4v) is 7.41. The summed E-state index contributed by atoms with van der Waals surface area (Å²) in [7, 11) is -4.31. The molecule has 4 fully saturated rings. The predicted octanol–water partition coefficient (Wildman–Crippen LogP) is -1.76. The number of carbonyl (C=O) groups excluding carboxylic acids is 2. The van der Waals surface area contributed by atoms with Gasteiger partial charge in [0.25, 0.3) is 5.91 Å². The molecule has 4 atom stereocenters. The summed E-state index contributed by atoms with van der Waals surface area (Å²) in [6.07, 6.45) is 1.74. The molecule has 4 aliphatic heterocycles. The van der Waals surface area contributed by atoms with Crippen molar-refractivity contribution in [3.63, 3.8) is 0 Å². The first-order chi connectivity index (χ1) is 14.8. The number of hydrogen-bond donors (Lipinski definition) is 4. The van der Waals surface area contributed by atoms with Crippen LogP contribution >= 0.6 is 0 Å². The van der Waals surface area contributed by atoms with Gasteiger partial charge < -0.3 is 15.5 Å². The molecule has 0 unspecified atom stereocenters. The number of nitrogens with zero attached hydrogens (tertiary/aromatic N) is 2. The molecular formula is C17H30N5O7S2+. The number of urea groups is 1. The van der Waals surface area contributed by atoms with Crippen LogP contribution in [0.5, 0.6) is 0 Å². The van der Waals surface area contributed by atoms with Crippen LogP contribution < -0.4 is 16.1 Å². The maximum atomic E-state index is 12.5. The summed E-state index contributed by atoms with van der Waals surface area (Å²) in [5.41, 5.74) is 2.44. The topological polar surface area (TPSA) is 150 Å². The van der Waals surface area contributed by atoms with Crippen LogP contribution in [0.1, 0.15) is 19.3 Å². The van der Waals surface area contributed by atoms with E-state index in [1.165, 1.54) is 22.2 Å². The Kier molecular flexibility index (Phi) is 7.25. The van der Waals surface area contributed by atoms with Crippen molar-refractivity contribution in [3.8, 4) is 0 Å². The van der Waals surface area contributed by atoms with Gasteiger partial charge >= 0.3 is 16.4 Å². The standard InChI is InChI=1S/C17H29N5O7S2/c23-16(15-2-1-14-9-21(15)17(24)22(14)29-31(25,26)27)20-28-10-13-7-12(8-19-13)11-30-5-3-18-4-6-30/h12-15,18-19H,1-11H2,(H-,20,23,25,26,27)/p+1/t12-,13-,14-,15+/m1/s1. The summed E-state index contributed by atoms with van der Waals surface area (Å²) in [6, 6.07) is -1.89. The molecule has 4 rings (SSSR count). The van der Waals surface area contributed by atoms with E-state index in [2.05, 4.69) is 20.4 Å². The van der Waals surface area contributed by atoms with Gasteiger partial charge in [-0.1, -0.05) is 0 Å². The number of fused-ring (bicyclic) bond motifs is 2. The summed E-state index contributed by atoms with van der Waals surface area (Å²) >= 11 is 0. The van der Waals surface area contributed by atoms with Crippen LogP contribution in [-0.4, -0.2) is 103 Å². The second-order valence-electron chi connectivity index (χ2n) is 8.43. The maximum Gasteiger partial charge on any atom is 0.418 e. The van der Waals surface area contributed by atoms with E-state index < -0.39 is 34.4 Å². The molecule has 0 aliphatic carbocycles. The van der Waals surface area contributed by atoms with E-state index in [9.17, 15) is 18.0 Å². The van der Waals surface area contributed by atoms with Gasteiger partial charge in [0, 0.05) is 38.1 Å². The van der Waals surface area contributed by atoms with Crippen molar-refractivity contribution in [1.82, 2.24) is 26.1 Å². The summed E-state index contributed by atoms with van der Waals surface area (Å²) in [5.74, 6) is 3.96. The quantitative estimate of drug-likeness (QED) is 0.180. The summed E-state index contributed by atoms with van der Waals surface area (Å²) in [6.45, 7) is 3.69. The molecular weight excluding hydrogens is 450 g/mol. The predicted molar refractivity (Wildman–Crippen MR) is 112 cm³/mol. The van der Waals surface area contributed by atoms with Gasteiger partial charge in [-0.15, -0.1) is 4.28 Å². The average Bonchev–Trinajstić information content (AvgIpc) is 3.26. The van der Waals surface area contributed by atoms with Crippen LogP contribution in [0.4, 0.5) is 4.79 Å². The first-order valence-electron chi connectivity index (χ1n) is 10.6. The summed E-state index contributed by atoms with van der Waals surface area (Å²) in [5, 5.41) is 7.47. The van der Waals surface area contributed by atoms with Crippen molar-refractivity contribution in [2.45, 2.75) is 37.4 Å². The second-order valence-corrected chi connectivity index (χ2v) is 11.8. The molecule has 176 valence electrons. The average molecular weight is 481 g/mol. The van der Waals surface area contributed by atoms with Gasteiger partial charge in [-0.3, -0.25) is 14.2 Å². The van der Waals surface area contributed by atoms with E-state index in [0.29, 0.717) is 41.3 Å². The fraction of sp³-hybridized carbons (Fsp3) is 0.882. The van der Waals surface area contributed by atoms with E-state index in [1.807, 2.05) is 0 Å². The smallest absolute Gasteiger partial charge is 0.311 e.